The van der Waals surface area contributed by atoms with Gasteiger partial charge in [-0.1, -0.05) is 37.8 Å². The van der Waals surface area contributed by atoms with E-state index in [2.05, 4.69) is 17.4 Å². The lowest BCUT2D eigenvalue weighted by atomic mass is 9.74. The van der Waals surface area contributed by atoms with Crippen LogP contribution in [0.2, 0.25) is 0 Å². The van der Waals surface area contributed by atoms with Gasteiger partial charge in [0.05, 0.1) is 13.7 Å². The van der Waals surface area contributed by atoms with Crippen LogP contribution < -0.4 is 15.8 Å². The van der Waals surface area contributed by atoms with E-state index in [1.54, 1.807) is 7.11 Å². The third-order valence-electron chi connectivity index (χ3n) is 5.91. The average molecular weight is 360 g/mol. The summed E-state index contributed by atoms with van der Waals surface area (Å²) in [6, 6.07) is 8.86. The van der Waals surface area contributed by atoms with Gasteiger partial charge in [0.15, 0.2) is 5.96 Å². The summed E-state index contributed by atoms with van der Waals surface area (Å²) in [4.78, 5) is 4.76. The summed E-state index contributed by atoms with van der Waals surface area (Å²) in [6.07, 6.45) is 9.61. The summed E-state index contributed by atoms with van der Waals surface area (Å²) in [5.41, 5.74) is 7.54. The Balaban J connectivity index is 1.68. The maximum absolute atomic E-state index is 6.24. The lowest BCUT2D eigenvalue weighted by molar-refractivity contribution is 0.0531. The fourth-order valence-corrected chi connectivity index (χ4v) is 4.16. The van der Waals surface area contributed by atoms with Crippen LogP contribution in [0.1, 0.15) is 56.9 Å². The number of nitrogens with zero attached hydrogens (tertiary/aromatic N) is 1. The zero-order chi connectivity index (χ0) is 18.2. The molecule has 2 fully saturated rings. The predicted octanol–water partition coefficient (Wildman–Crippen LogP) is 3.37. The molecule has 1 saturated carbocycles. The van der Waals surface area contributed by atoms with Crippen molar-refractivity contribution in [2.75, 3.05) is 26.9 Å². The molecule has 26 heavy (non-hydrogen) atoms. The van der Waals surface area contributed by atoms with Crippen LogP contribution in [0.3, 0.4) is 0 Å². The Kier molecular flexibility index (Phi) is 6.78. The SMILES string of the molecule is COc1ccc(C2(CN=C(N)NC3CCCCCC3)CCOCC2)cc1. The van der Waals surface area contributed by atoms with E-state index in [0.717, 1.165) is 31.8 Å². The van der Waals surface area contributed by atoms with Crippen molar-refractivity contribution in [2.45, 2.75) is 62.8 Å². The molecule has 0 atom stereocenters. The van der Waals surface area contributed by atoms with Gasteiger partial charge in [0, 0.05) is 24.7 Å². The van der Waals surface area contributed by atoms with E-state index in [1.807, 2.05) is 12.1 Å². The number of nitrogens with one attached hydrogen (secondary N) is 1. The number of nitrogens with two attached hydrogens (primary N) is 1. The standard InChI is InChI=1S/C21H33N3O2/c1-25-19-10-8-17(9-11-19)21(12-14-26-15-13-21)16-23-20(22)24-18-6-4-2-3-5-7-18/h8-11,18H,2-7,12-16H2,1H3,(H3,22,23,24). The molecule has 0 aromatic heterocycles. The number of hydrogen-bond acceptors (Lipinski definition) is 3. The lowest BCUT2D eigenvalue weighted by Gasteiger charge is -2.36. The van der Waals surface area contributed by atoms with Crippen LogP contribution in [0.25, 0.3) is 0 Å². The fourth-order valence-electron chi connectivity index (χ4n) is 4.16. The molecule has 144 valence electrons. The zero-order valence-corrected chi connectivity index (χ0v) is 16.0. The van der Waals surface area contributed by atoms with Crippen LogP contribution in [-0.2, 0) is 10.2 Å². The van der Waals surface area contributed by atoms with Gasteiger partial charge in [-0.2, -0.15) is 0 Å². The van der Waals surface area contributed by atoms with E-state index in [4.69, 9.17) is 20.2 Å². The first-order chi connectivity index (χ1) is 12.7. The molecular formula is C21H33N3O2. The van der Waals surface area contributed by atoms with Gasteiger partial charge in [0.1, 0.15) is 5.75 Å². The van der Waals surface area contributed by atoms with Gasteiger partial charge >= 0.3 is 0 Å². The average Bonchev–Trinajstić information content (AvgIpc) is 2.96. The second kappa shape index (κ2) is 9.26. The highest BCUT2D eigenvalue weighted by Crippen LogP contribution is 2.36. The van der Waals surface area contributed by atoms with Crippen LogP contribution >= 0.6 is 0 Å². The van der Waals surface area contributed by atoms with Gasteiger partial charge in [0.2, 0.25) is 0 Å². The second-order valence-corrected chi connectivity index (χ2v) is 7.66. The highest BCUT2D eigenvalue weighted by molar-refractivity contribution is 5.78. The van der Waals surface area contributed by atoms with Crippen LogP contribution in [0.4, 0.5) is 0 Å². The first kappa shape index (κ1) is 19.0. The van der Waals surface area contributed by atoms with E-state index >= 15 is 0 Å². The molecule has 1 saturated heterocycles. The first-order valence-corrected chi connectivity index (χ1v) is 10.0. The summed E-state index contributed by atoms with van der Waals surface area (Å²) in [6.45, 7) is 2.25. The van der Waals surface area contributed by atoms with E-state index in [9.17, 15) is 0 Å². The number of aliphatic imine (C=N–C) groups is 1. The van der Waals surface area contributed by atoms with Gasteiger partial charge in [-0.25, -0.2) is 0 Å². The molecule has 5 nitrogen and oxygen atoms in total. The Morgan fingerprint density at radius 3 is 2.42 bits per heavy atom. The van der Waals surface area contributed by atoms with Gasteiger partial charge in [0.25, 0.3) is 0 Å². The molecule has 1 aromatic carbocycles. The predicted molar refractivity (Wildman–Crippen MR) is 106 cm³/mol. The van der Waals surface area contributed by atoms with Crippen molar-refractivity contribution in [3.8, 4) is 5.75 Å². The van der Waals surface area contributed by atoms with Crippen molar-refractivity contribution >= 4 is 5.96 Å². The molecule has 0 radical (unpaired) electrons. The number of ether oxygens (including phenoxy) is 2. The van der Waals surface area contributed by atoms with Crippen molar-refractivity contribution in [3.63, 3.8) is 0 Å². The van der Waals surface area contributed by atoms with Crippen molar-refractivity contribution in [2.24, 2.45) is 10.7 Å². The number of rotatable bonds is 5. The Labute approximate surface area is 157 Å². The van der Waals surface area contributed by atoms with Crippen molar-refractivity contribution in [1.29, 1.82) is 0 Å². The Morgan fingerprint density at radius 2 is 1.81 bits per heavy atom. The van der Waals surface area contributed by atoms with Crippen LogP contribution in [0.5, 0.6) is 5.75 Å². The molecular weight excluding hydrogens is 326 g/mol. The molecule has 0 unspecified atom stereocenters. The third kappa shape index (κ3) is 4.91. The van der Waals surface area contributed by atoms with Crippen LogP contribution in [0.15, 0.2) is 29.3 Å². The molecule has 3 rings (SSSR count). The number of guanidine groups is 1. The highest BCUT2D eigenvalue weighted by atomic mass is 16.5. The second-order valence-electron chi connectivity index (χ2n) is 7.66. The van der Waals surface area contributed by atoms with E-state index < -0.39 is 0 Å². The normalized spacial score (nSPS) is 21.8. The summed E-state index contributed by atoms with van der Waals surface area (Å²) in [5, 5.41) is 3.46. The van der Waals surface area contributed by atoms with E-state index in [-0.39, 0.29) is 5.41 Å². The summed E-state index contributed by atoms with van der Waals surface area (Å²) in [7, 11) is 1.70. The van der Waals surface area contributed by atoms with Crippen LogP contribution in [0, 0.1) is 0 Å². The molecule has 3 N–H and O–H groups in total. The van der Waals surface area contributed by atoms with Crippen molar-refractivity contribution in [1.82, 2.24) is 5.32 Å². The minimum atomic E-state index is 0.000273. The van der Waals surface area contributed by atoms with Crippen LogP contribution in [-0.4, -0.2) is 38.9 Å². The third-order valence-corrected chi connectivity index (χ3v) is 5.91. The Morgan fingerprint density at radius 1 is 1.15 bits per heavy atom. The van der Waals surface area contributed by atoms with E-state index in [0.29, 0.717) is 18.5 Å². The Bertz CT molecular complexity index is 571. The molecule has 1 aliphatic carbocycles. The van der Waals surface area contributed by atoms with Gasteiger partial charge in [-0.15, -0.1) is 0 Å². The topological polar surface area (TPSA) is 68.9 Å². The Hall–Kier alpha value is -1.75. The molecule has 0 bridgehead atoms. The number of benzene rings is 1. The van der Waals surface area contributed by atoms with Gasteiger partial charge < -0.3 is 20.5 Å². The number of methoxy groups -OCH3 is 1. The molecule has 1 aliphatic heterocycles. The van der Waals surface area contributed by atoms with Gasteiger partial charge in [-0.3, -0.25) is 4.99 Å². The molecule has 5 heteroatoms. The molecule has 2 aliphatic rings. The minimum absolute atomic E-state index is 0.000273. The molecule has 0 spiro atoms. The van der Waals surface area contributed by atoms with E-state index in [1.165, 1.54) is 44.1 Å². The molecule has 1 aromatic rings. The first-order valence-electron chi connectivity index (χ1n) is 10.0. The summed E-state index contributed by atoms with van der Waals surface area (Å²) >= 11 is 0. The van der Waals surface area contributed by atoms with Crippen molar-refractivity contribution in [3.05, 3.63) is 29.8 Å². The van der Waals surface area contributed by atoms with Crippen molar-refractivity contribution < 1.29 is 9.47 Å². The smallest absolute Gasteiger partial charge is 0.188 e. The minimum Gasteiger partial charge on any atom is -0.497 e. The maximum Gasteiger partial charge on any atom is 0.188 e. The largest absolute Gasteiger partial charge is 0.497 e. The molecule has 0 amide bonds. The summed E-state index contributed by atoms with van der Waals surface area (Å²) in [5.74, 6) is 1.48. The lowest BCUT2D eigenvalue weighted by Crippen LogP contribution is -2.42. The monoisotopic (exact) mass is 359 g/mol. The van der Waals surface area contributed by atoms with Gasteiger partial charge in [-0.05, 0) is 43.4 Å². The maximum atomic E-state index is 6.24. The quantitative estimate of drug-likeness (QED) is 0.480. The number of hydrogen-bond donors (Lipinski definition) is 2. The molecule has 1 heterocycles. The zero-order valence-electron chi connectivity index (χ0n) is 16.0. The highest BCUT2D eigenvalue weighted by Gasteiger charge is 2.34. The summed E-state index contributed by atoms with van der Waals surface area (Å²) < 4.78 is 10.9. The fraction of sp³-hybridized carbons (Fsp3) is 0.667.